The molecule has 1 aliphatic carbocycles. The number of amides is 1. The molecule has 38 heavy (non-hydrogen) atoms. The van der Waals surface area contributed by atoms with E-state index in [1.807, 2.05) is 58.4 Å². The van der Waals surface area contributed by atoms with Gasteiger partial charge in [-0.2, -0.15) is 12.6 Å². The summed E-state index contributed by atoms with van der Waals surface area (Å²) in [5.74, 6) is 1.49. The Morgan fingerprint density at radius 2 is 1.87 bits per heavy atom. The fourth-order valence-electron chi connectivity index (χ4n) is 5.39. The SMILES string of the molecule is C/C=C1/C(=O)N(C)C(C(C)=Nc2ccc([B]OC(C)(C)C(C)(C)S)cc2C)CC(C)/C1=C(/C(C)C)C1CC1. The smallest absolute Gasteiger partial charge is 0.330 e. The number of thiol groups is 1. The Labute approximate surface area is 238 Å². The van der Waals surface area contributed by atoms with Gasteiger partial charge in [-0.05, 0) is 103 Å². The third-order valence-corrected chi connectivity index (χ3v) is 9.12. The Bertz CT molecular complexity index is 1130. The van der Waals surface area contributed by atoms with E-state index in [9.17, 15) is 4.79 Å². The van der Waals surface area contributed by atoms with Crippen LogP contribution < -0.4 is 5.46 Å². The molecule has 6 heteroatoms. The van der Waals surface area contributed by atoms with E-state index in [0.29, 0.717) is 11.8 Å². The number of aryl methyl sites for hydroxylation is 1. The Morgan fingerprint density at radius 1 is 1.24 bits per heavy atom. The zero-order chi connectivity index (χ0) is 28.6. The molecular formula is C32H48BN2O2S. The lowest BCUT2D eigenvalue weighted by Gasteiger charge is -2.38. The number of benzene rings is 1. The number of carbonyl (C=O) groups excluding carboxylic acids is 1. The van der Waals surface area contributed by atoms with Crippen molar-refractivity contribution in [3.05, 3.63) is 46.6 Å². The molecule has 2 unspecified atom stereocenters. The molecule has 1 radical (unpaired) electrons. The molecule has 0 aromatic heterocycles. The third kappa shape index (κ3) is 6.67. The summed E-state index contributed by atoms with van der Waals surface area (Å²) in [7, 11) is 3.74. The van der Waals surface area contributed by atoms with Gasteiger partial charge in [-0.1, -0.05) is 50.0 Å². The van der Waals surface area contributed by atoms with Crippen molar-refractivity contribution in [2.24, 2.45) is 22.7 Å². The van der Waals surface area contributed by atoms with Crippen molar-refractivity contribution in [2.45, 2.75) is 105 Å². The number of likely N-dealkylation sites (N-methyl/N-ethyl adjacent to an activating group) is 1. The standard InChI is InChI=1S/C32H48BN2O2S/c1-12-25-29(28(19(2)3)23-13-14-23)21(5)18-27(35(11)30(25)36)22(6)34-26-16-15-24(17-20(26)4)33-37-31(7,8)32(9,10)38/h12,15-17,19,21,23,27,38H,13-14,18H2,1-11H3/b25-12+,29-28+,34-22?. The van der Waals surface area contributed by atoms with Crippen molar-refractivity contribution < 1.29 is 9.45 Å². The van der Waals surface area contributed by atoms with Crippen molar-refractivity contribution in [3.8, 4) is 0 Å². The van der Waals surface area contributed by atoms with E-state index >= 15 is 0 Å². The van der Waals surface area contributed by atoms with Crippen molar-refractivity contribution in [1.29, 1.82) is 0 Å². The van der Waals surface area contributed by atoms with Crippen molar-refractivity contribution in [1.82, 2.24) is 4.90 Å². The highest BCUT2D eigenvalue weighted by Crippen LogP contribution is 2.46. The fourth-order valence-corrected chi connectivity index (χ4v) is 5.44. The number of rotatable bonds is 8. The molecular weight excluding hydrogens is 487 g/mol. The molecule has 4 nitrogen and oxygen atoms in total. The summed E-state index contributed by atoms with van der Waals surface area (Å²) in [5, 5.41) is 0. The fraction of sp³-hybridized carbons (Fsp3) is 0.625. The molecule has 2 atom stereocenters. The number of hydrogen-bond acceptors (Lipinski definition) is 4. The molecule has 2 fully saturated rings. The van der Waals surface area contributed by atoms with Gasteiger partial charge in [0.25, 0.3) is 5.91 Å². The zero-order valence-corrected chi connectivity index (χ0v) is 26.4. The van der Waals surface area contributed by atoms with Crippen LogP contribution in [0, 0.1) is 24.7 Å². The highest BCUT2D eigenvalue weighted by Gasteiger charge is 2.39. The lowest BCUT2D eigenvalue weighted by molar-refractivity contribution is -0.126. The number of nitrogens with zero attached hydrogens (tertiary/aromatic N) is 2. The summed E-state index contributed by atoms with van der Waals surface area (Å²) < 4.78 is 5.82. The van der Waals surface area contributed by atoms with Crippen LogP contribution in [0.15, 0.2) is 46.0 Å². The van der Waals surface area contributed by atoms with Gasteiger partial charge in [-0.25, -0.2) is 0 Å². The van der Waals surface area contributed by atoms with Gasteiger partial charge in [0, 0.05) is 23.1 Å². The van der Waals surface area contributed by atoms with E-state index < -0.39 is 5.60 Å². The molecule has 3 rings (SSSR count). The minimum Gasteiger partial charge on any atom is -0.428 e. The molecule has 1 aliphatic heterocycles. The first-order valence-corrected chi connectivity index (χ1v) is 14.6. The maximum atomic E-state index is 13.7. The van der Waals surface area contributed by atoms with Crippen LogP contribution >= 0.6 is 12.6 Å². The molecule has 0 spiro atoms. The monoisotopic (exact) mass is 535 g/mol. The molecule has 1 aromatic carbocycles. The summed E-state index contributed by atoms with van der Waals surface area (Å²) in [6.45, 7) is 21.2. The second-order valence-electron chi connectivity index (χ2n) is 12.7. The van der Waals surface area contributed by atoms with Crippen molar-refractivity contribution in [3.63, 3.8) is 0 Å². The first-order chi connectivity index (χ1) is 17.6. The van der Waals surface area contributed by atoms with Gasteiger partial charge in [0.2, 0.25) is 0 Å². The molecule has 2 aliphatic rings. The summed E-state index contributed by atoms with van der Waals surface area (Å²) in [6, 6.07) is 6.13. The minimum absolute atomic E-state index is 0.0510. The van der Waals surface area contributed by atoms with Crippen molar-refractivity contribution in [2.75, 3.05) is 7.05 Å². The number of allylic oxidation sites excluding steroid dienone is 2. The number of carbonyl (C=O) groups is 1. The number of hydrogen-bond donors (Lipinski definition) is 1. The Hall–Kier alpha value is -1.79. The van der Waals surface area contributed by atoms with E-state index in [4.69, 9.17) is 9.65 Å². The predicted molar refractivity (Wildman–Crippen MR) is 166 cm³/mol. The van der Waals surface area contributed by atoms with Crippen LogP contribution in [0.25, 0.3) is 0 Å². The molecule has 1 aromatic rings. The van der Waals surface area contributed by atoms with Crippen LogP contribution in [-0.2, 0) is 9.45 Å². The van der Waals surface area contributed by atoms with Crippen LogP contribution in [-0.4, -0.2) is 47.4 Å². The summed E-state index contributed by atoms with van der Waals surface area (Å²) in [6.07, 6.45) is 5.40. The molecule has 0 N–H and O–H groups in total. The van der Waals surface area contributed by atoms with Crippen LogP contribution in [0.4, 0.5) is 5.69 Å². The maximum absolute atomic E-state index is 13.7. The molecule has 1 heterocycles. The summed E-state index contributed by atoms with van der Waals surface area (Å²) in [4.78, 5) is 20.7. The second kappa shape index (κ2) is 11.8. The topological polar surface area (TPSA) is 41.9 Å². The predicted octanol–water partition coefficient (Wildman–Crippen LogP) is 7.01. The summed E-state index contributed by atoms with van der Waals surface area (Å²) >= 11 is 4.69. The van der Waals surface area contributed by atoms with Crippen LogP contribution in [0.1, 0.15) is 87.1 Å². The largest absolute Gasteiger partial charge is 0.428 e. The van der Waals surface area contributed by atoms with Gasteiger partial charge in [0.1, 0.15) is 0 Å². The zero-order valence-electron chi connectivity index (χ0n) is 25.5. The molecule has 207 valence electrons. The van der Waals surface area contributed by atoms with E-state index in [1.165, 1.54) is 24.0 Å². The van der Waals surface area contributed by atoms with Crippen LogP contribution in [0.2, 0.25) is 0 Å². The highest BCUT2D eigenvalue weighted by atomic mass is 32.1. The molecule has 1 saturated carbocycles. The van der Waals surface area contributed by atoms with Gasteiger partial charge in [0.05, 0.1) is 17.3 Å². The normalized spacial score (nSPS) is 24.2. The maximum Gasteiger partial charge on any atom is 0.330 e. The van der Waals surface area contributed by atoms with E-state index in [1.54, 1.807) is 0 Å². The lowest BCUT2D eigenvalue weighted by atomic mass is 9.81. The van der Waals surface area contributed by atoms with Crippen LogP contribution in [0.3, 0.4) is 0 Å². The quantitative estimate of drug-likeness (QED) is 0.168. The van der Waals surface area contributed by atoms with E-state index in [2.05, 4.69) is 67.2 Å². The first kappa shape index (κ1) is 30.8. The van der Waals surface area contributed by atoms with Crippen molar-refractivity contribution >= 4 is 42.9 Å². The molecule has 0 bridgehead atoms. The van der Waals surface area contributed by atoms with Gasteiger partial charge < -0.3 is 9.55 Å². The number of aliphatic imine (C=N–C) groups is 1. The van der Waals surface area contributed by atoms with E-state index in [-0.39, 0.29) is 22.6 Å². The van der Waals surface area contributed by atoms with E-state index in [0.717, 1.165) is 34.4 Å². The molecule has 1 amide bonds. The summed E-state index contributed by atoms with van der Waals surface area (Å²) in [5.41, 5.74) is 7.22. The Kier molecular flexibility index (Phi) is 9.51. The van der Waals surface area contributed by atoms with Gasteiger partial charge in [-0.3, -0.25) is 9.79 Å². The van der Waals surface area contributed by atoms with Gasteiger partial charge >= 0.3 is 7.48 Å². The van der Waals surface area contributed by atoms with Gasteiger partial charge in [-0.15, -0.1) is 0 Å². The third-order valence-electron chi connectivity index (χ3n) is 8.58. The minimum atomic E-state index is -0.418. The average molecular weight is 536 g/mol. The lowest BCUT2D eigenvalue weighted by Crippen LogP contribution is -2.45. The Morgan fingerprint density at radius 3 is 2.37 bits per heavy atom. The highest BCUT2D eigenvalue weighted by molar-refractivity contribution is 7.81. The first-order valence-electron chi connectivity index (χ1n) is 14.2. The average Bonchev–Trinajstić information content (AvgIpc) is 3.66. The second-order valence-corrected chi connectivity index (χ2v) is 13.8. The Balaban J connectivity index is 1.88. The molecule has 1 saturated heterocycles. The van der Waals surface area contributed by atoms with Crippen LogP contribution in [0.5, 0.6) is 0 Å². The number of likely N-dealkylation sites (tertiary alicyclic amines) is 1. The van der Waals surface area contributed by atoms with Gasteiger partial charge in [0.15, 0.2) is 0 Å².